The Balaban J connectivity index is 1.36. The Morgan fingerprint density at radius 2 is 1.76 bits per heavy atom. The van der Waals surface area contributed by atoms with Crippen LogP contribution in [0.15, 0.2) is 64.6 Å². The summed E-state index contributed by atoms with van der Waals surface area (Å²) in [6.45, 7) is 7.23. The molecule has 0 spiro atoms. The molecule has 1 unspecified atom stereocenters. The molecular weight excluding hydrogens is 434 g/mol. The molecule has 170 valence electrons. The highest BCUT2D eigenvalue weighted by molar-refractivity contribution is 7.09. The van der Waals surface area contributed by atoms with Crippen molar-refractivity contribution in [3.63, 3.8) is 0 Å². The van der Waals surface area contributed by atoms with Crippen LogP contribution in [0.4, 0.5) is 0 Å². The fourth-order valence-electron chi connectivity index (χ4n) is 4.03. The Hall–Kier alpha value is -3.03. The molecule has 1 saturated carbocycles. The Kier molecular flexibility index (Phi) is 5.54. The summed E-state index contributed by atoms with van der Waals surface area (Å²) >= 11 is 1.59. The summed E-state index contributed by atoms with van der Waals surface area (Å²) in [5, 5.41) is 17.2. The normalized spacial score (nSPS) is 16.5. The Labute approximate surface area is 197 Å². The van der Waals surface area contributed by atoms with Crippen molar-refractivity contribution in [2.24, 2.45) is 5.92 Å². The van der Waals surface area contributed by atoms with Gasteiger partial charge in [0.2, 0.25) is 5.82 Å². The largest absolute Gasteiger partial charge is 0.486 e. The summed E-state index contributed by atoms with van der Waals surface area (Å²) < 4.78 is 11.2. The van der Waals surface area contributed by atoms with Crippen LogP contribution in [-0.2, 0) is 17.6 Å². The topological polar surface area (TPSA) is 81.3 Å². The third-order valence-electron chi connectivity index (χ3n) is 6.74. The number of thiazole rings is 1. The van der Waals surface area contributed by atoms with Crippen LogP contribution in [0.25, 0.3) is 11.4 Å². The predicted molar refractivity (Wildman–Crippen MR) is 127 cm³/mol. The van der Waals surface area contributed by atoms with E-state index in [9.17, 15) is 5.11 Å². The van der Waals surface area contributed by atoms with Crippen molar-refractivity contribution in [1.29, 1.82) is 0 Å². The first kappa shape index (κ1) is 21.8. The molecule has 6 nitrogen and oxygen atoms in total. The Bertz CT molecular complexity index is 1210. The van der Waals surface area contributed by atoms with E-state index < -0.39 is 5.60 Å². The number of rotatable bonds is 8. The van der Waals surface area contributed by atoms with Crippen molar-refractivity contribution in [2.75, 3.05) is 0 Å². The minimum absolute atomic E-state index is 0.183. The van der Waals surface area contributed by atoms with Crippen LogP contribution in [0.2, 0.25) is 0 Å². The summed E-state index contributed by atoms with van der Waals surface area (Å²) in [5.74, 6) is 2.02. The highest BCUT2D eigenvalue weighted by Crippen LogP contribution is 2.45. The van der Waals surface area contributed by atoms with Crippen molar-refractivity contribution in [1.82, 2.24) is 15.1 Å². The van der Waals surface area contributed by atoms with Gasteiger partial charge in [-0.05, 0) is 42.0 Å². The predicted octanol–water partition coefficient (Wildman–Crippen LogP) is 5.72. The third-order valence-corrected chi connectivity index (χ3v) is 7.50. The molecule has 1 N–H and O–H groups in total. The first-order valence-electron chi connectivity index (χ1n) is 11.2. The van der Waals surface area contributed by atoms with Gasteiger partial charge in [-0.2, -0.15) is 4.98 Å². The van der Waals surface area contributed by atoms with E-state index in [-0.39, 0.29) is 5.41 Å². The maximum Gasteiger partial charge on any atom is 0.258 e. The molecule has 1 fully saturated rings. The van der Waals surface area contributed by atoms with Gasteiger partial charge < -0.3 is 14.4 Å². The van der Waals surface area contributed by atoms with Gasteiger partial charge in [0.15, 0.2) is 0 Å². The summed E-state index contributed by atoms with van der Waals surface area (Å²) in [5.41, 5.74) is 2.21. The Morgan fingerprint density at radius 1 is 1.09 bits per heavy atom. The molecular formula is C26H27N3O3S. The second-order valence-corrected chi connectivity index (χ2v) is 10.1. The summed E-state index contributed by atoms with van der Waals surface area (Å²) in [4.78, 5) is 8.66. The van der Waals surface area contributed by atoms with Gasteiger partial charge in [-0.25, -0.2) is 4.98 Å². The monoisotopic (exact) mass is 461 g/mol. The van der Waals surface area contributed by atoms with Crippen molar-refractivity contribution >= 4 is 11.3 Å². The number of hydrogen-bond acceptors (Lipinski definition) is 7. The second-order valence-electron chi connectivity index (χ2n) is 9.13. The summed E-state index contributed by atoms with van der Waals surface area (Å²) in [6, 6.07) is 16.6. The first-order valence-corrected chi connectivity index (χ1v) is 12.1. The van der Waals surface area contributed by atoms with Gasteiger partial charge in [-0.15, -0.1) is 11.3 Å². The van der Waals surface area contributed by atoms with Crippen LogP contribution in [0.1, 0.15) is 55.6 Å². The molecule has 4 aromatic rings. The zero-order chi connectivity index (χ0) is 23.1. The lowest BCUT2D eigenvalue weighted by Gasteiger charge is -2.35. The van der Waals surface area contributed by atoms with E-state index in [2.05, 4.69) is 60.2 Å². The molecule has 5 rings (SSSR count). The van der Waals surface area contributed by atoms with E-state index in [1.165, 1.54) is 11.1 Å². The fraction of sp³-hybridized carbons (Fsp3) is 0.346. The van der Waals surface area contributed by atoms with Crippen LogP contribution in [0, 0.1) is 5.92 Å². The number of aliphatic hydroxyl groups is 1. The molecule has 7 heteroatoms. The molecule has 33 heavy (non-hydrogen) atoms. The van der Waals surface area contributed by atoms with Crippen LogP contribution in [0.3, 0.4) is 0 Å². The van der Waals surface area contributed by atoms with Crippen molar-refractivity contribution in [2.45, 2.75) is 51.2 Å². The van der Waals surface area contributed by atoms with E-state index in [0.717, 1.165) is 16.3 Å². The lowest BCUT2D eigenvalue weighted by atomic mass is 9.68. The van der Waals surface area contributed by atoms with Crippen molar-refractivity contribution in [3.05, 3.63) is 82.1 Å². The molecule has 1 atom stereocenters. The van der Waals surface area contributed by atoms with Gasteiger partial charge in [0, 0.05) is 22.6 Å². The zero-order valence-electron chi connectivity index (χ0n) is 19.0. The quantitative estimate of drug-likeness (QED) is 0.362. The lowest BCUT2D eigenvalue weighted by molar-refractivity contribution is 0.108. The zero-order valence-corrected chi connectivity index (χ0v) is 19.8. The highest BCUT2D eigenvalue weighted by atomic mass is 32.1. The number of benzene rings is 2. The summed E-state index contributed by atoms with van der Waals surface area (Å²) in [7, 11) is 0. The minimum Gasteiger partial charge on any atom is -0.486 e. The van der Waals surface area contributed by atoms with E-state index in [1.807, 2.05) is 29.6 Å². The fourth-order valence-corrected chi connectivity index (χ4v) is 4.56. The van der Waals surface area contributed by atoms with Crippen molar-refractivity contribution in [3.8, 4) is 17.1 Å². The summed E-state index contributed by atoms with van der Waals surface area (Å²) in [6.07, 6.45) is 3.14. The maximum absolute atomic E-state index is 10.2. The molecule has 1 aliphatic rings. The molecule has 0 bridgehead atoms. The lowest BCUT2D eigenvalue weighted by Crippen LogP contribution is -2.30. The minimum atomic E-state index is -0.919. The first-order chi connectivity index (χ1) is 15.9. The number of ether oxygens (including phenoxy) is 1. The van der Waals surface area contributed by atoms with Crippen LogP contribution < -0.4 is 4.74 Å². The van der Waals surface area contributed by atoms with Gasteiger partial charge in [0.25, 0.3) is 5.89 Å². The van der Waals surface area contributed by atoms with Crippen LogP contribution >= 0.6 is 11.3 Å². The molecule has 0 amide bonds. The maximum atomic E-state index is 10.2. The van der Waals surface area contributed by atoms with E-state index >= 15 is 0 Å². The van der Waals surface area contributed by atoms with E-state index in [0.29, 0.717) is 37.1 Å². The molecule has 2 aromatic heterocycles. The number of hydrogen-bond donors (Lipinski definition) is 1. The highest BCUT2D eigenvalue weighted by Gasteiger charge is 2.47. The second kappa shape index (κ2) is 8.39. The molecule has 2 aromatic carbocycles. The smallest absolute Gasteiger partial charge is 0.258 e. The van der Waals surface area contributed by atoms with Gasteiger partial charge in [-0.3, -0.25) is 0 Å². The average Bonchev–Trinajstić information content (AvgIpc) is 3.24. The van der Waals surface area contributed by atoms with E-state index in [1.54, 1.807) is 17.5 Å². The van der Waals surface area contributed by atoms with Gasteiger partial charge in [-0.1, -0.05) is 62.3 Å². The number of aromatic nitrogens is 3. The molecule has 0 aliphatic heterocycles. The van der Waals surface area contributed by atoms with Gasteiger partial charge in [0.05, 0.1) is 0 Å². The van der Waals surface area contributed by atoms with Gasteiger partial charge >= 0.3 is 0 Å². The molecule has 2 heterocycles. The number of nitrogens with zero attached hydrogens (tertiary/aromatic N) is 3. The SMILES string of the molecule is CC(C)C(C)(c1ccc(OCc2nccs2)cc1)c1ccc(-c2noc(C3(O)CC3)n2)cc1. The molecule has 0 radical (unpaired) electrons. The van der Waals surface area contributed by atoms with Crippen LogP contribution in [0.5, 0.6) is 5.75 Å². The third kappa shape index (κ3) is 4.18. The average molecular weight is 462 g/mol. The van der Waals surface area contributed by atoms with Crippen LogP contribution in [-0.4, -0.2) is 20.2 Å². The van der Waals surface area contributed by atoms with E-state index in [4.69, 9.17) is 9.26 Å². The standard InChI is InChI=1S/C26H27N3O3S/c1-17(2)25(3,20-8-10-21(11-9-20)31-16-22-27-14-15-33-22)19-6-4-18(5-7-19)23-28-24(32-29-23)26(30)12-13-26/h4-11,14-15,17,30H,12-13,16H2,1-3H3. The molecule has 1 aliphatic carbocycles. The van der Waals surface area contributed by atoms with Crippen molar-refractivity contribution < 1.29 is 14.4 Å². The Morgan fingerprint density at radius 3 is 2.33 bits per heavy atom. The van der Waals surface area contributed by atoms with Gasteiger partial charge in [0.1, 0.15) is 23.0 Å². The molecule has 0 saturated heterocycles.